The van der Waals surface area contributed by atoms with Crippen molar-refractivity contribution < 1.29 is 0 Å². The number of benzene rings is 2. The Morgan fingerprint density at radius 2 is 1.81 bits per heavy atom. The number of aromatic amines is 1. The van der Waals surface area contributed by atoms with E-state index in [1.165, 1.54) is 0 Å². The molecule has 0 aliphatic carbocycles. The number of halogens is 1. The SMILES string of the molecule is N#Cc1c(-c2ccc(N=C(N)N)cc2)nc(Nc2ccc(Cl)cc2)[nH]c1=O. The highest BCUT2D eigenvalue weighted by molar-refractivity contribution is 6.30. The molecule has 0 fully saturated rings. The third kappa shape index (κ3) is 4.23. The fourth-order valence-electron chi connectivity index (χ4n) is 2.36. The minimum atomic E-state index is -0.549. The molecular weight excluding hydrogens is 366 g/mol. The third-order valence-electron chi connectivity index (χ3n) is 3.54. The van der Waals surface area contributed by atoms with Gasteiger partial charge in [-0.25, -0.2) is 9.98 Å². The standard InChI is InChI=1S/C18H14ClN7O/c19-11-3-7-13(8-4-11)24-18-25-15(14(9-20)16(27)26-18)10-1-5-12(6-2-10)23-17(21)22/h1-8H,(H4,21,22,23)(H2,24,25,26,27). The molecular formula is C18H14ClN7O. The van der Waals surface area contributed by atoms with Crippen molar-refractivity contribution >= 4 is 34.9 Å². The molecule has 0 amide bonds. The van der Waals surface area contributed by atoms with Crippen LogP contribution in [0.5, 0.6) is 0 Å². The highest BCUT2D eigenvalue weighted by Crippen LogP contribution is 2.24. The summed E-state index contributed by atoms with van der Waals surface area (Å²) >= 11 is 5.87. The van der Waals surface area contributed by atoms with Gasteiger partial charge in [-0.15, -0.1) is 0 Å². The quantitative estimate of drug-likeness (QED) is 0.404. The van der Waals surface area contributed by atoms with Crippen LogP contribution in [0.15, 0.2) is 58.3 Å². The van der Waals surface area contributed by atoms with E-state index in [1.807, 2.05) is 6.07 Å². The van der Waals surface area contributed by atoms with Crippen LogP contribution < -0.4 is 22.3 Å². The second-order valence-corrected chi connectivity index (χ2v) is 5.90. The summed E-state index contributed by atoms with van der Waals surface area (Å²) in [5, 5.41) is 12.9. The summed E-state index contributed by atoms with van der Waals surface area (Å²) in [4.78, 5) is 23.1. The second-order valence-electron chi connectivity index (χ2n) is 5.47. The Kier molecular flexibility index (Phi) is 5.06. The van der Waals surface area contributed by atoms with Gasteiger partial charge in [0.2, 0.25) is 5.95 Å². The number of hydrogen-bond acceptors (Lipinski definition) is 5. The molecule has 9 heteroatoms. The van der Waals surface area contributed by atoms with Gasteiger partial charge in [0.15, 0.2) is 5.96 Å². The Hall–Kier alpha value is -3.83. The highest BCUT2D eigenvalue weighted by atomic mass is 35.5. The minimum absolute atomic E-state index is 0.0656. The number of nitriles is 1. The van der Waals surface area contributed by atoms with Gasteiger partial charge in [-0.3, -0.25) is 9.78 Å². The van der Waals surface area contributed by atoms with Crippen LogP contribution in [0.1, 0.15) is 5.56 Å². The number of nitrogens with two attached hydrogens (primary N) is 2. The van der Waals surface area contributed by atoms with Crippen molar-refractivity contribution in [2.75, 3.05) is 5.32 Å². The van der Waals surface area contributed by atoms with E-state index in [0.29, 0.717) is 22.0 Å². The Balaban J connectivity index is 2.02. The number of rotatable bonds is 4. The van der Waals surface area contributed by atoms with Crippen LogP contribution in [0.2, 0.25) is 5.02 Å². The predicted octanol–water partition coefficient (Wildman–Crippen LogP) is 2.61. The molecule has 134 valence electrons. The van der Waals surface area contributed by atoms with E-state index >= 15 is 0 Å². The Labute approximate surface area is 159 Å². The first-order valence-electron chi connectivity index (χ1n) is 7.73. The van der Waals surface area contributed by atoms with Crippen LogP contribution in [0, 0.1) is 11.3 Å². The van der Waals surface area contributed by atoms with Gasteiger partial charge in [-0.05, 0) is 36.4 Å². The molecule has 0 radical (unpaired) electrons. The zero-order valence-corrected chi connectivity index (χ0v) is 14.7. The van der Waals surface area contributed by atoms with Gasteiger partial charge in [0, 0.05) is 16.3 Å². The topological polar surface area (TPSA) is 146 Å². The zero-order chi connectivity index (χ0) is 19.4. The lowest BCUT2D eigenvalue weighted by atomic mass is 10.1. The molecule has 0 saturated carbocycles. The van der Waals surface area contributed by atoms with Crippen LogP contribution in [0.25, 0.3) is 11.3 Å². The van der Waals surface area contributed by atoms with E-state index in [2.05, 4.69) is 20.3 Å². The number of guanidine groups is 1. The zero-order valence-electron chi connectivity index (χ0n) is 13.9. The van der Waals surface area contributed by atoms with E-state index in [0.717, 1.165) is 0 Å². The van der Waals surface area contributed by atoms with Gasteiger partial charge in [0.25, 0.3) is 5.56 Å². The molecule has 0 spiro atoms. The van der Waals surface area contributed by atoms with Crippen molar-refractivity contribution in [2.45, 2.75) is 0 Å². The van der Waals surface area contributed by atoms with Crippen molar-refractivity contribution in [1.29, 1.82) is 5.26 Å². The number of H-pyrrole nitrogens is 1. The molecule has 1 aromatic heterocycles. The van der Waals surface area contributed by atoms with Gasteiger partial charge in [-0.1, -0.05) is 23.7 Å². The Bertz CT molecular complexity index is 1090. The summed E-state index contributed by atoms with van der Waals surface area (Å²) in [6.45, 7) is 0. The smallest absolute Gasteiger partial charge is 0.270 e. The molecule has 0 bridgehead atoms. The summed E-state index contributed by atoms with van der Waals surface area (Å²) in [6.07, 6.45) is 0. The van der Waals surface area contributed by atoms with Gasteiger partial charge < -0.3 is 16.8 Å². The van der Waals surface area contributed by atoms with E-state index < -0.39 is 5.56 Å². The predicted molar refractivity (Wildman–Crippen MR) is 105 cm³/mol. The minimum Gasteiger partial charge on any atom is -0.370 e. The number of hydrogen-bond donors (Lipinski definition) is 4. The Morgan fingerprint density at radius 3 is 2.41 bits per heavy atom. The lowest BCUT2D eigenvalue weighted by molar-refractivity contribution is 1.11. The molecule has 6 N–H and O–H groups in total. The van der Waals surface area contributed by atoms with E-state index in [4.69, 9.17) is 23.1 Å². The van der Waals surface area contributed by atoms with Crippen molar-refractivity contribution in [3.05, 3.63) is 69.5 Å². The monoisotopic (exact) mass is 379 g/mol. The lowest BCUT2D eigenvalue weighted by Gasteiger charge is -2.09. The van der Waals surface area contributed by atoms with E-state index in [1.54, 1.807) is 48.5 Å². The maximum Gasteiger partial charge on any atom is 0.270 e. The van der Waals surface area contributed by atoms with E-state index in [9.17, 15) is 10.1 Å². The second kappa shape index (κ2) is 7.59. The van der Waals surface area contributed by atoms with Crippen molar-refractivity contribution in [1.82, 2.24) is 9.97 Å². The van der Waals surface area contributed by atoms with E-state index in [-0.39, 0.29) is 23.2 Å². The van der Waals surface area contributed by atoms with Gasteiger partial charge in [0.05, 0.1) is 11.4 Å². The third-order valence-corrected chi connectivity index (χ3v) is 3.79. The molecule has 3 aromatic rings. The maximum atomic E-state index is 12.3. The summed E-state index contributed by atoms with van der Waals surface area (Å²) in [6, 6.07) is 15.4. The van der Waals surface area contributed by atoms with Crippen molar-refractivity contribution in [3.8, 4) is 17.3 Å². The first-order valence-corrected chi connectivity index (χ1v) is 8.11. The molecule has 1 heterocycles. The van der Waals surface area contributed by atoms with Gasteiger partial charge >= 0.3 is 0 Å². The molecule has 2 aromatic carbocycles. The molecule has 3 rings (SSSR count). The van der Waals surface area contributed by atoms with Crippen LogP contribution in [-0.4, -0.2) is 15.9 Å². The fourth-order valence-corrected chi connectivity index (χ4v) is 2.48. The molecule has 0 unspecified atom stereocenters. The van der Waals surface area contributed by atoms with Crippen molar-refractivity contribution in [3.63, 3.8) is 0 Å². The average Bonchev–Trinajstić information content (AvgIpc) is 2.63. The maximum absolute atomic E-state index is 12.3. The summed E-state index contributed by atoms with van der Waals surface area (Å²) < 4.78 is 0. The molecule has 0 atom stereocenters. The van der Waals surface area contributed by atoms with Gasteiger partial charge in [0.1, 0.15) is 11.6 Å². The summed E-state index contributed by atoms with van der Waals surface area (Å²) in [5.41, 5.74) is 12.1. The van der Waals surface area contributed by atoms with Crippen LogP contribution in [0.4, 0.5) is 17.3 Å². The molecule has 0 saturated heterocycles. The number of anilines is 2. The number of nitrogens with zero attached hydrogens (tertiary/aromatic N) is 3. The highest BCUT2D eigenvalue weighted by Gasteiger charge is 2.13. The summed E-state index contributed by atoms with van der Waals surface area (Å²) in [5.74, 6) is 0.133. The van der Waals surface area contributed by atoms with Crippen LogP contribution >= 0.6 is 11.6 Å². The Morgan fingerprint density at radius 1 is 1.15 bits per heavy atom. The lowest BCUT2D eigenvalue weighted by Crippen LogP contribution is -2.21. The fraction of sp³-hybridized carbons (Fsp3) is 0. The molecule has 0 aliphatic rings. The number of aliphatic imine (C=N–C) groups is 1. The van der Waals surface area contributed by atoms with Crippen molar-refractivity contribution in [2.24, 2.45) is 16.5 Å². The number of nitrogens with one attached hydrogen (secondary N) is 2. The van der Waals surface area contributed by atoms with Crippen LogP contribution in [0.3, 0.4) is 0 Å². The molecule has 27 heavy (non-hydrogen) atoms. The molecule has 0 aliphatic heterocycles. The number of aromatic nitrogens is 2. The first kappa shape index (κ1) is 18.0. The largest absolute Gasteiger partial charge is 0.370 e. The van der Waals surface area contributed by atoms with Gasteiger partial charge in [-0.2, -0.15) is 5.26 Å². The van der Waals surface area contributed by atoms with Crippen LogP contribution in [-0.2, 0) is 0 Å². The molecule has 8 nitrogen and oxygen atoms in total. The summed E-state index contributed by atoms with van der Waals surface area (Å²) in [7, 11) is 0. The first-order chi connectivity index (χ1) is 13.0. The average molecular weight is 380 g/mol. The normalized spacial score (nSPS) is 10.1.